The number of carbonyl (C=O) groups is 1. The molecular weight excluding hydrogens is 418 g/mol. The Bertz CT molecular complexity index is 1210. The minimum atomic E-state index is -0.314. The molecule has 170 valence electrons. The maximum Gasteiger partial charge on any atom is 0.323 e. The topological polar surface area (TPSA) is 94.7 Å². The lowest BCUT2D eigenvalue weighted by molar-refractivity contribution is 0.262. The Labute approximate surface area is 192 Å². The third kappa shape index (κ3) is 4.14. The van der Waals surface area contributed by atoms with E-state index in [2.05, 4.69) is 43.8 Å². The van der Waals surface area contributed by atoms with E-state index in [1.807, 2.05) is 37.3 Å². The number of nitrogens with one attached hydrogen (secondary N) is 3. The lowest BCUT2D eigenvalue weighted by Crippen LogP contribution is -2.44. The van der Waals surface area contributed by atoms with Crippen LogP contribution in [0.25, 0.3) is 11.3 Å². The molecule has 0 bridgehead atoms. The average Bonchev–Trinajstić information content (AvgIpc) is 2.95. The molecule has 0 atom stereocenters. The molecule has 1 fully saturated rings. The summed E-state index contributed by atoms with van der Waals surface area (Å²) in [6.45, 7) is 6.04. The van der Waals surface area contributed by atoms with Gasteiger partial charge >= 0.3 is 6.03 Å². The van der Waals surface area contributed by atoms with Crippen LogP contribution in [0.4, 0.5) is 33.5 Å². The first-order valence-electron chi connectivity index (χ1n) is 11.0. The molecule has 0 aliphatic carbocycles. The van der Waals surface area contributed by atoms with E-state index in [4.69, 9.17) is 9.72 Å². The van der Waals surface area contributed by atoms with E-state index in [0.29, 0.717) is 23.0 Å². The maximum atomic E-state index is 12.2. The highest BCUT2D eigenvalue weighted by Crippen LogP contribution is 2.38. The third-order valence-corrected chi connectivity index (χ3v) is 6.09. The molecule has 2 aliphatic heterocycles. The van der Waals surface area contributed by atoms with Crippen molar-refractivity contribution in [1.29, 1.82) is 0 Å². The monoisotopic (exact) mass is 445 g/mol. The number of hydrogen-bond acceptors (Lipinski definition) is 7. The summed E-state index contributed by atoms with van der Waals surface area (Å²) < 4.78 is 5.67. The van der Waals surface area contributed by atoms with Crippen molar-refractivity contribution in [3.63, 3.8) is 0 Å². The first-order valence-corrected chi connectivity index (χ1v) is 11.0. The van der Waals surface area contributed by atoms with Gasteiger partial charge in [-0.15, -0.1) is 0 Å². The first kappa shape index (κ1) is 21.0. The highest BCUT2D eigenvalue weighted by molar-refractivity contribution is 6.08. The SMILES string of the molecule is COc1cc(N2CCN(C)CC2)ccc1Nc1ncc2c(n1)-c1c(C)cccc1NC(=O)N2. The van der Waals surface area contributed by atoms with Crippen LogP contribution in [0.2, 0.25) is 0 Å². The molecule has 0 unspecified atom stereocenters. The number of hydrogen-bond donors (Lipinski definition) is 3. The standard InChI is InChI=1S/C24H27N7O2/c1-15-5-4-6-18-21(15)22-19(28-24(32)27-18)14-25-23(29-22)26-17-8-7-16(13-20(17)33-3)31-11-9-30(2)10-12-31/h4-8,13-14H,9-12H2,1-3H3,(H,25,26,29)(H2,27,28,32). The second kappa shape index (κ2) is 8.59. The molecule has 1 saturated heterocycles. The lowest BCUT2D eigenvalue weighted by Gasteiger charge is -2.34. The molecule has 5 rings (SSSR count). The minimum Gasteiger partial charge on any atom is -0.494 e. The van der Waals surface area contributed by atoms with Crippen LogP contribution in [0.15, 0.2) is 42.6 Å². The van der Waals surface area contributed by atoms with E-state index < -0.39 is 0 Å². The lowest BCUT2D eigenvalue weighted by atomic mass is 10.0. The van der Waals surface area contributed by atoms with Crippen molar-refractivity contribution in [1.82, 2.24) is 14.9 Å². The predicted molar refractivity (Wildman–Crippen MR) is 131 cm³/mol. The summed E-state index contributed by atoms with van der Waals surface area (Å²) in [4.78, 5) is 26.1. The van der Waals surface area contributed by atoms with Crippen molar-refractivity contribution in [3.05, 3.63) is 48.2 Å². The smallest absolute Gasteiger partial charge is 0.323 e. The number of benzene rings is 2. The van der Waals surface area contributed by atoms with Crippen LogP contribution in [0.3, 0.4) is 0 Å². The second-order valence-corrected chi connectivity index (χ2v) is 8.33. The summed E-state index contributed by atoms with van der Waals surface area (Å²) >= 11 is 0. The molecule has 1 aromatic heterocycles. The zero-order valence-corrected chi connectivity index (χ0v) is 19.0. The molecule has 3 aromatic rings. The van der Waals surface area contributed by atoms with E-state index in [-0.39, 0.29) is 6.03 Å². The van der Waals surface area contributed by atoms with E-state index >= 15 is 0 Å². The van der Waals surface area contributed by atoms with Crippen molar-refractivity contribution >= 4 is 34.7 Å². The summed E-state index contributed by atoms with van der Waals surface area (Å²) in [7, 11) is 3.81. The number of urea groups is 1. The number of likely N-dealkylation sites (N-methyl/N-ethyl adjacent to an activating group) is 1. The minimum absolute atomic E-state index is 0.314. The molecule has 0 radical (unpaired) electrons. The van der Waals surface area contributed by atoms with Crippen LogP contribution in [0, 0.1) is 6.92 Å². The van der Waals surface area contributed by atoms with Crippen LogP contribution in [0.5, 0.6) is 5.75 Å². The van der Waals surface area contributed by atoms with E-state index in [0.717, 1.165) is 54.4 Å². The van der Waals surface area contributed by atoms with Gasteiger partial charge in [-0.05, 0) is 37.7 Å². The number of rotatable bonds is 4. The van der Waals surface area contributed by atoms with Crippen LogP contribution in [-0.4, -0.2) is 61.2 Å². The Morgan fingerprint density at radius 3 is 2.64 bits per heavy atom. The van der Waals surface area contributed by atoms with Crippen molar-refractivity contribution in [2.45, 2.75) is 6.92 Å². The van der Waals surface area contributed by atoms with E-state index in [9.17, 15) is 4.79 Å². The van der Waals surface area contributed by atoms with Gasteiger partial charge in [0.2, 0.25) is 5.95 Å². The average molecular weight is 446 g/mol. The summed E-state index contributed by atoms with van der Waals surface area (Å²) in [6.07, 6.45) is 1.62. The quantitative estimate of drug-likeness (QED) is 0.560. The van der Waals surface area contributed by atoms with Gasteiger partial charge in [-0.1, -0.05) is 12.1 Å². The van der Waals surface area contributed by atoms with Gasteiger partial charge in [-0.3, -0.25) is 0 Å². The summed E-state index contributed by atoms with van der Waals surface area (Å²) in [6, 6.07) is 11.6. The third-order valence-electron chi connectivity index (χ3n) is 6.09. The number of methoxy groups -OCH3 is 1. The van der Waals surface area contributed by atoms with E-state index in [1.54, 1.807) is 13.3 Å². The van der Waals surface area contributed by atoms with Crippen molar-refractivity contribution in [3.8, 4) is 17.0 Å². The summed E-state index contributed by atoms with van der Waals surface area (Å²) in [5.41, 5.74) is 5.72. The zero-order valence-electron chi connectivity index (χ0n) is 19.0. The molecule has 2 amide bonds. The molecule has 0 spiro atoms. The Morgan fingerprint density at radius 2 is 1.85 bits per heavy atom. The van der Waals surface area contributed by atoms with E-state index in [1.165, 1.54) is 0 Å². The molecular formula is C24H27N7O2. The molecule has 3 heterocycles. The van der Waals surface area contributed by atoms with Gasteiger partial charge < -0.3 is 30.5 Å². The number of piperazine rings is 1. The van der Waals surface area contributed by atoms with Crippen LogP contribution in [0.1, 0.15) is 5.56 Å². The highest BCUT2D eigenvalue weighted by atomic mass is 16.5. The normalized spacial score (nSPS) is 15.6. The number of aryl methyl sites for hydroxylation is 1. The largest absolute Gasteiger partial charge is 0.494 e. The van der Waals surface area contributed by atoms with Crippen molar-refractivity contribution in [2.75, 3.05) is 61.2 Å². The number of anilines is 5. The Balaban J connectivity index is 1.46. The zero-order chi connectivity index (χ0) is 22.9. The summed E-state index contributed by atoms with van der Waals surface area (Å²) in [5, 5.41) is 8.98. The number of ether oxygens (including phenoxy) is 1. The van der Waals surface area contributed by atoms with Gasteiger partial charge in [-0.25, -0.2) is 14.8 Å². The fourth-order valence-electron chi connectivity index (χ4n) is 4.25. The Hall–Kier alpha value is -3.85. The first-order chi connectivity index (χ1) is 16.0. The van der Waals surface area contributed by atoms with Crippen molar-refractivity contribution < 1.29 is 9.53 Å². The molecule has 33 heavy (non-hydrogen) atoms. The Morgan fingerprint density at radius 1 is 1.06 bits per heavy atom. The van der Waals surface area contributed by atoms with Crippen molar-refractivity contribution in [2.24, 2.45) is 0 Å². The number of amides is 2. The number of carbonyl (C=O) groups excluding carboxylic acids is 1. The van der Waals surface area contributed by atoms with Crippen LogP contribution < -0.4 is 25.6 Å². The molecule has 2 aromatic carbocycles. The summed E-state index contributed by atoms with van der Waals surface area (Å²) in [5.74, 6) is 1.14. The molecule has 0 saturated carbocycles. The van der Waals surface area contributed by atoms with Gasteiger partial charge in [-0.2, -0.15) is 0 Å². The maximum absolute atomic E-state index is 12.2. The number of aromatic nitrogens is 2. The Kier molecular flexibility index (Phi) is 5.47. The number of nitrogens with zero attached hydrogens (tertiary/aromatic N) is 4. The van der Waals surface area contributed by atoms with Crippen LogP contribution in [-0.2, 0) is 0 Å². The predicted octanol–water partition coefficient (Wildman–Crippen LogP) is 3.91. The van der Waals surface area contributed by atoms with Gasteiger partial charge in [0, 0.05) is 43.5 Å². The second-order valence-electron chi connectivity index (χ2n) is 8.33. The van der Waals surface area contributed by atoms with Crippen LogP contribution >= 0.6 is 0 Å². The molecule has 9 nitrogen and oxygen atoms in total. The van der Waals surface area contributed by atoms with Gasteiger partial charge in [0.25, 0.3) is 0 Å². The fraction of sp³-hybridized carbons (Fsp3) is 0.292. The molecule has 2 aliphatic rings. The number of fused-ring (bicyclic) bond motifs is 3. The van der Waals surface area contributed by atoms with Gasteiger partial charge in [0.1, 0.15) is 11.4 Å². The molecule has 9 heteroatoms. The van der Waals surface area contributed by atoms with Gasteiger partial charge in [0.05, 0.1) is 30.4 Å². The van der Waals surface area contributed by atoms with Gasteiger partial charge in [0.15, 0.2) is 0 Å². The molecule has 3 N–H and O–H groups in total. The fourth-order valence-corrected chi connectivity index (χ4v) is 4.25. The highest BCUT2D eigenvalue weighted by Gasteiger charge is 2.22.